The Morgan fingerprint density at radius 2 is 0.944 bits per heavy atom. The van der Waals surface area contributed by atoms with Crippen LogP contribution in [0, 0.1) is 11.8 Å². The molecule has 0 saturated carbocycles. The lowest BCUT2D eigenvalue weighted by atomic mass is 9.94. The predicted octanol–water partition coefficient (Wildman–Crippen LogP) is 7.98. The summed E-state index contributed by atoms with van der Waals surface area (Å²) in [6.07, 6.45) is 10.2. The summed E-state index contributed by atoms with van der Waals surface area (Å²) < 4.78 is 45.4. The van der Waals surface area contributed by atoms with Crippen molar-refractivity contribution in [3.63, 3.8) is 0 Å². The predicted molar refractivity (Wildman–Crippen MR) is 201 cm³/mol. The highest BCUT2D eigenvalue weighted by Crippen LogP contribution is 2.35. The molecule has 6 atom stereocenters. The fourth-order valence-electron chi connectivity index (χ4n) is 7.17. The summed E-state index contributed by atoms with van der Waals surface area (Å²) in [6, 6.07) is 24.6. The monoisotopic (exact) mass is 736 g/mol. The Balaban J connectivity index is 0.787. The zero-order valence-corrected chi connectivity index (χ0v) is 30.5. The Morgan fingerprint density at radius 3 is 1.31 bits per heavy atom. The van der Waals surface area contributed by atoms with Gasteiger partial charge < -0.3 is 37.9 Å². The number of benzene rings is 4. The van der Waals surface area contributed by atoms with Gasteiger partial charge in [-0.1, -0.05) is 24.3 Å². The van der Waals surface area contributed by atoms with Crippen molar-refractivity contribution in [3.8, 4) is 23.0 Å². The van der Waals surface area contributed by atoms with Crippen molar-refractivity contribution < 1.29 is 47.5 Å². The number of hydrogen-bond donors (Lipinski definition) is 0. The van der Waals surface area contributed by atoms with E-state index >= 15 is 0 Å². The third-order valence-electron chi connectivity index (χ3n) is 10.6. The number of carbonyl (C=O) groups excluding carboxylic acids is 2. The summed E-state index contributed by atoms with van der Waals surface area (Å²) in [5.41, 5.74) is 0.807. The van der Waals surface area contributed by atoms with Crippen LogP contribution in [0.15, 0.2) is 84.9 Å². The summed E-state index contributed by atoms with van der Waals surface area (Å²) in [4.78, 5) is 26.3. The number of ether oxygens (including phenoxy) is 8. The van der Waals surface area contributed by atoms with Gasteiger partial charge in [0.25, 0.3) is 0 Å². The van der Waals surface area contributed by atoms with E-state index in [1.54, 1.807) is 72.8 Å². The molecule has 4 aliphatic heterocycles. The molecule has 54 heavy (non-hydrogen) atoms. The second kappa shape index (κ2) is 17.3. The molecule has 4 saturated heterocycles. The molecule has 4 aromatic carbocycles. The summed E-state index contributed by atoms with van der Waals surface area (Å²) in [5, 5.41) is 1.30. The minimum atomic E-state index is -0.493. The van der Waals surface area contributed by atoms with Gasteiger partial charge in [0.1, 0.15) is 23.0 Å². The lowest BCUT2D eigenvalue weighted by Crippen LogP contribution is -2.12. The van der Waals surface area contributed by atoms with Crippen molar-refractivity contribution in [1.82, 2.24) is 0 Å². The first-order valence-electron chi connectivity index (χ1n) is 19.4. The van der Waals surface area contributed by atoms with E-state index in [4.69, 9.17) is 37.9 Å². The van der Waals surface area contributed by atoms with Gasteiger partial charge in [0.05, 0.1) is 75.2 Å². The van der Waals surface area contributed by atoms with Gasteiger partial charge in [0.2, 0.25) is 0 Å². The minimum absolute atomic E-state index is 0.369. The van der Waals surface area contributed by atoms with Crippen LogP contribution in [0.2, 0.25) is 0 Å². The molecule has 10 heteroatoms. The highest BCUT2D eigenvalue weighted by Gasteiger charge is 2.38. The summed E-state index contributed by atoms with van der Waals surface area (Å²) in [7, 11) is 0. The highest BCUT2D eigenvalue weighted by molar-refractivity contribution is 5.99. The average Bonchev–Trinajstić information content (AvgIpc) is 3.97. The van der Waals surface area contributed by atoms with E-state index in [1.165, 1.54) is 0 Å². The molecule has 0 bridgehead atoms. The molecule has 0 radical (unpaired) electrons. The molecule has 0 aromatic heterocycles. The number of carbonyl (C=O) groups is 2. The molecule has 284 valence electrons. The number of hydrogen-bond acceptors (Lipinski definition) is 10. The summed E-state index contributed by atoms with van der Waals surface area (Å²) in [5.74, 6) is 2.32. The normalized spacial score (nSPS) is 21.9. The maximum Gasteiger partial charge on any atom is 0.343 e. The Labute approximate surface area is 315 Å². The van der Waals surface area contributed by atoms with E-state index in [0.29, 0.717) is 94.4 Å². The van der Waals surface area contributed by atoms with Crippen molar-refractivity contribution in [2.24, 2.45) is 11.8 Å². The largest absolute Gasteiger partial charge is 0.494 e. The van der Waals surface area contributed by atoms with Crippen LogP contribution in [0.25, 0.3) is 10.8 Å². The average molecular weight is 737 g/mol. The Hall–Kier alpha value is -4.48. The van der Waals surface area contributed by atoms with Gasteiger partial charge in [-0.3, -0.25) is 0 Å². The molecule has 4 aliphatic rings. The molecule has 4 aromatic rings. The lowest BCUT2D eigenvalue weighted by molar-refractivity contribution is 0.0725. The second-order valence-corrected chi connectivity index (χ2v) is 14.8. The van der Waals surface area contributed by atoms with Crippen molar-refractivity contribution in [2.45, 2.75) is 75.8 Å². The first-order chi connectivity index (χ1) is 26.6. The van der Waals surface area contributed by atoms with Crippen LogP contribution in [0.1, 0.15) is 72.1 Å². The van der Waals surface area contributed by atoms with Gasteiger partial charge >= 0.3 is 11.9 Å². The zero-order chi connectivity index (χ0) is 36.7. The van der Waals surface area contributed by atoms with Crippen LogP contribution in [-0.4, -0.2) is 76.0 Å². The number of unbranched alkanes of at least 4 members (excludes halogenated alkanes) is 2. The zero-order valence-electron chi connectivity index (χ0n) is 30.5. The molecular formula is C44H48O10. The molecule has 8 rings (SSSR count). The molecule has 4 fully saturated rings. The molecule has 0 N–H and O–H groups in total. The molecule has 4 heterocycles. The Kier molecular flexibility index (Phi) is 11.7. The molecule has 0 amide bonds. The Morgan fingerprint density at radius 1 is 0.537 bits per heavy atom. The van der Waals surface area contributed by atoms with Gasteiger partial charge in [-0.15, -0.1) is 0 Å². The fourth-order valence-corrected chi connectivity index (χ4v) is 7.17. The first-order valence-corrected chi connectivity index (χ1v) is 19.4. The van der Waals surface area contributed by atoms with Gasteiger partial charge in [0.15, 0.2) is 0 Å². The maximum absolute atomic E-state index is 13.2. The van der Waals surface area contributed by atoms with Crippen LogP contribution in [0.3, 0.4) is 0 Å². The topological polar surface area (TPSA) is 121 Å². The molecular weight excluding hydrogens is 688 g/mol. The highest BCUT2D eigenvalue weighted by atomic mass is 16.6. The standard InChI is InChI=1S/C44H48O10/c45-43(29-13-17-33(18-14-29)47-21-3-1-7-31(41-27-51-41)23-35-25-49-35)53-39-11-5-10-38-37(39)9-6-12-40(38)54-44(46)30-15-19-34(20-16-30)48-22-4-2-8-32(42-28-52-42)24-36-26-50-36/h5-6,9-20,31-32,35-36,41-42H,1-4,7-8,21-28H2. The van der Waals surface area contributed by atoms with E-state index in [2.05, 4.69) is 0 Å². The number of epoxide rings is 4. The van der Waals surface area contributed by atoms with E-state index in [0.717, 1.165) is 77.8 Å². The molecule has 10 nitrogen and oxygen atoms in total. The fraction of sp³-hybridized carbons (Fsp3) is 0.455. The van der Waals surface area contributed by atoms with Crippen LogP contribution >= 0.6 is 0 Å². The van der Waals surface area contributed by atoms with Crippen LogP contribution in [0.5, 0.6) is 23.0 Å². The third-order valence-corrected chi connectivity index (χ3v) is 10.6. The van der Waals surface area contributed by atoms with E-state index in [-0.39, 0.29) is 0 Å². The maximum atomic E-state index is 13.2. The van der Waals surface area contributed by atoms with Gasteiger partial charge in [0, 0.05) is 10.8 Å². The Bertz CT molecular complexity index is 1720. The quantitative estimate of drug-likeness (QED) is 0.0340. The third kappa shape index (κ3) is 10.4. The van der Waals surface area contributed by atoms with Gasteiger partial charge in [-0.2, -0.15) is 0 Å². The molecule has 6 unspecified atom stereocenters. The van der Waals surface area contributed by atoms with Crippen LogP contribution < -0.4 is 18.9 Å². The van der Waals surface area contributed by atoms with Crippen molar-refractivity contribution >= 4 is 22.7 Å². The minimum Gasteiger partial charge on any atom is -0.494 e. The van der Waals surface area contributed by atoms with Gasteiger partial charge in [-0.25, -0.2) is 9.59 Å². The smallest absolute Gasteiger partial charge is 0.343 e. The SMILES string of the molecule is O=C(Oc1cccc2c(OC(=O)c3ccc(OCCCCC(CC4CO4)C4CO4)cc3)cccc12)c1ccc(OCCCCC(CC2CO2)C2CO2)cc1. The molecule has 0 spiro atoms. The number of fused-ring (bicyclic) bond motifs is 1. The van der Waals surface area contributed by atoms with Crippen LogP contribution in [-0.2, 0) is 18.9 Å². The van der Waals surface area contributed by atoms with E-state index in [1.807, 2.05) is 12.1 Å². The number of rotatable bonds is 22. The van der Waals surface area contributed by atoms with Crippen molar-refractivity contribution in [2.75, 3.05) is 39.6 Å². The van der Waals surface area contributed by atoms with Crippen molar-refractivity contribution in [3.05, 3.63) is 96.1 Å². The van der Waals surface area contributed by atoms with Gasteiger partial charge in [-0.05, 0) is 124 Å². The van der Waals surface area contributed by atoms with E-state index in [9.17, 15) is 9.59 Å². The summed E-state index contributed by atoms with van der Waals surface area (Å²) in [6.45, 7) is 4.75. The number of esters is 2. The van der Waals surface area contributed by atoms with Crippen molar-refractivity contribution in [1.29, 1.82) is 0 Å². The van der Waals surface area contributed by atoms with Crippen LogP contribution in [0.4, 0.5) is 0 Å². The molecule has 0 aliphatic carbocycles. The summed E-state index contributed by atoms with van der Waals surface area (Å²) >= 11 is 0. The first kappa shape index (κ1) is 36.5. The van der Waals surface area contributed by atoms with E-state index < -0.39 is 11.9 Å². The lowest BCUT2D eigenvalue weighted by Gasteiger charge is -2.13. The second-order valence-electron chi connectivity index (χ2n) is 14.8.